The number of ether oxygens (including phenoxy) is 2. The summed E-state index contributed by atoms with van der Waals surface area (Å²) in [4.78, 5) is 13.9. The molecule has 2 amide bonds. The molecule has 1 aromatic carbocycles. The maximum absolute atomic E-state index is 12.0. The second-order valence-corrected chi connectivity index (χ2v) is 5.86. The monoisotopic (exact) mass is 358 g/mol. The van der Waals surface area contributed by atoms with Crippen molar-refractivity contribution in [2.45, 2.75) is 0 Å². The van der Waals surface area contributed by atoms with E-state index in [0.717, 1.165) is 5.69 Å². The van der Waals surface area contributed by atoms with Gasteiger partial charge in [0.2, 0.25) is 0 Å². The fourth-order valence-electron chi connectivity index (χ4n) is 2.35. The van der Waals surface area contributed by atoms with Gasteiger partial charge < -0.3 is 30.3 Å². The van der Waals surface area contributed by atoms with Crippen LogP contribution >= 0.6 is 0 Å². The minimum Gasteiger partial charge on any atom is -0.486 e. The molecule has 3 N–H and O–H groups in total. The van der Waals surface area contributed by atoms with Crippen LogP contribution in [0.5, 0.6) is 11.5 Å². The first-order valence-electron chi connectivity index (χ1n) is 8.30. The number of urea groups is 1. The summed E-state index contributed by atoms with van der Waals surface area (Å²) in [7, 11) is 3.87. The number of benzene rings is 1. The number of aromatic nitrogens is 2. The molecule has 0 fully saturated rings. The third-order valence-electron chi connectivity index (χ3n) is 3.67. The van der Waals surface area contributed by atoms with Crippen LogP contribution in [0.1, 0.15) is 0 Å². The molecule has 1 aromatic heterocycles. The van der Waals surface area contributed by atoms with E-state index in [1.165, 1.54) is 0 Å². The third-order valence-corrected chi connectivity index (χ3v) is 3.67. The number of carbonyl (C=O) groups is 1. The molecule has 0 saturated heterocycles. The van der Waals surface area contributed by atoms with E-state index in [1.807, 2.05) is 25.1 Å². The van der Waals surface area contributed by atoms with E-state index in [2.05, 4.69) is 26.1 Å². The van der Waals surface area contributed by atoms with Crippen LogP contribution in [-0.4, -0.2) is 56.6 Å². The molecule has 0 spiro atoms. The van der Waals surface area contributed by atoms with Crippen molar-refractivity contribution in [3.05, 3.63) is 30.5 Å². The van der Waals surface area contributed by atoms with Crippen LogP contribution in [0.3, 0.4) is 0 Å². The highest BCUT2D eigenvalue weighted by Crippen LogP contribution is 2.32. The Morgan fingerprint density at radius 2 is 1.96 bits per heavy atom. The van der Waals surface area contributed by atoms with Crippen LogP contribution in [-0.2, 0) is 0 Å². The van der Waals surface area contributed by atoms with E-state index >= 15 is 0 Å². The van der Waals surface area contributed by atoms with Crippen molar-refractivity contribution >= 4 is 23.2 Å². The molecule has 0 aliphatic carbocycles. The number of carbonyl (C=O) groups excluding carboxylic acids is 1. The van der Waals surface area contributed by atoms with Crippen molar-refractivity contribution in [1.29, 1.82) is 0 Å². The fourth-order valence-corrected chi connectivity index (χ4v) is 2.35. The van der Waals surface area contributed by atoms with E-state index in [0.29, 0.717) is 49.3 Å². The molecular weight excluding hydrogens is 336 g/mol. The lowest BCUT2D eigenvalue weighted by molar-refractivity contribution is 0.171. The van der Waals surface area contributed by atoms with Crippen molar-refractivity contribution in [2.75, 3.05) is 55.9 Å². The molecular formula is C17H22N6O3. The Bertz CT molecular complexity index is 768. The standard InChI is InChI=1S/C17H22N6O3/c1-23(2)13-10-16(22-20-11-13)18-5-6-19-17(24)21-12-3-4-14-15(9-12)26-8-7-25-14/h3-4,9-11H,5-8H2,1-2H3,(H,18,22)(H2,19,21,24). The maximum Gasteiger partial charge on any atom is 0.319 e. The average Bonchev–Trinajstić information content (AvgIpc) is 2.65. The highest BCUT2D eigenvalue weighted by Gasteiger charge is 2.12. The smallest absolute Gasteiger partial charge is 0.319 e. The molecule has 3 rings (SSSR count). The molecule has 26 heavy (non-hydrogen) atoms. The first-order chi connectivity index (χ1) is 12.6. The van der Waals surface area contributed by atoms with Crippen molar-refractivity contribution in [3.8, 4) is 11.5 Å². The van der Waals surface area contributed by atoms with Crippen LogP contribution in [0.25, 0.3) is 0 Å². The van der Waals surface area contributed by atoms with Gasteiger partial charge in [-0.3, -0.25) is 0 Å². The molecule has 0 unspecified atom stereocenters. The molecule has 0 bridgehead atoms. The Kier molecular flexibility index (Phi) is 5.57. The largest absolute Gasteiger partial charge is 0.486 e. The van der Waals surface area contributed by atoms with Gasteiger partial charge in [-0.15, -0.1) is 5.10 Å². The number of nitrogens with zero attached hydrogens (tertiary/aromatic N) is 3. The van der Waals surface area contributed by atoms with Crippen LogP contribution in [0, 0.1) is 0 Å². The van der Waals surface area contributed by atoms with Gasteiger partial charge in [0.05, 0.1) is 11.9 Å². The Balaban J connectivity index is 1.42. The summed E-state index contributed by atoms with van der Waals surface area (Å²) in [5.74, 6) is 1.98. The number of fused-ring (bicyclic) bond motifs is 1. The molecule has 0 saturated carbocycles. The minimum atomic E-state index is -0.295. The molecule has 2 aromatic rings. The van der Waals surface area contributed by atoms with Crippen molar-refractivity contribution in [1.82, 2.24) is 15.5 Å². The van der Waals surface area contributed by atoms with Gasteiger partial charge in [-0.25, -0.2) is 4.79 Å². The lowest BCUT2D eigenvalue weighted by atomic mass is 10.2. The van der Waals surface area contributed by atoms with Crippen molar-refractivity contribution < 1.29 is 14.3 Å². The number of hydrogen-bond acceptors (Lipinski definition) is 7. The number of amides is 2. The fraction of sp³-hybridized carbons (Fsp3) is 0.353. The number of hydrogen-bond donors (Lipinski definition) is 3. The van der Waals surface area contributed by atoms with E-state index in [4.69, 9.17) is 9.47 Å². The summed E-state index contributed by atoms with van der Waals surface area (Å²) in [6.45, 7) is 2.01. The normalized spacial score (nSPS) is 12.2. The highest BCUT2D eigenvalue weighted by molar-refractivity contribution is 5.89. The molecule has 9 nitrogen and oxygen atoms in total. The van der Waals surface area contributed by atoms with E-state index < -0.39 is 0 Å². The molecule has 1 aliphatic rings. The Hall–Kier alpha value is -3.23. The van der Waals surface area contributed by atoms with Crippen LogP contribution in [0.15, 0.2) is 30.5 Å². The predicted octanol–water partition coefficient (Wildman–Crippen LogP) is 1.55. The summed E-state index contributed by atoms with van der Waals surface area (Å²) < 4.78 is 10.9. The van der Waals surface area contributed by atoms with E-state index in [1.54, 1.807) is 24.4 Å². The first kappa shape index (κ1) is 17.6. The highest BCUT2D eigenvalue weighted by atomic mass is 16.6. The Morgan fingerprint density at radius 3 is 2.77 bits per heavy atom. The van der Waals surface area contributed by atoms with Gasteiger partial charge in [0.15, 0.2) is 17.3 Å². The molecule has 9 heteroatoms. The summed E-state index contributed by atoms with van der Waals surface area (Å²) in [5, 5.41) is 16.6. The van der Waals surface area contributed by atoms with Gasteiger partial charge in [-0.1, -0.05) is 0 Å². The minimum absolute atomic E-state index is 0.295. The summed E-state index contributed by atoms with van der Waals surface area (Å²) >= 11 is 0. The zero-order chi connectivity index (χ0) is 18.4. The summed E-state index contributed by atoms with van der Waals surface area (Å²) in [5.41, 5.74) is 1.59. The number of anilines is 3. The topological polar surface area (TPSA) is 101 Å². The van der Waals surface area contributed by atoms with Crippen LogP contribution in [0.4, 0.5) is 22.0 Å². The zero-order valence-corrected chi connectivity index (χ0v) is 14.8. The van der Waals surface area contributed by atoms with Gasteiger partial charge in [-0.05, 0) is 12.1 Å². The van der Waals surface area contributed by atoms with Crippen molar-refractivity contribution in [2.24, 2.45) is 0 Å². The summed E-state index contributed by atoms with van der Waals surface area (Å²) in [6.07, 6.45) is 1.68. The molecule has 0 radical (unpaired) electrons. The van der Waals surface area contributed by atoms with Gasteiger partial charge in [0.25, 0.3) is 0 Å². The maximum atomic E-state index is 12.0. The van der Waals surface area contributed by atoms with E-state index in [-0.39, 0.29) is 6.03 Å². The Labute approximate surface area is 151 Å². The van der Waals surface area contributed by atoms with Crippen LogP contribution in [0.2, 0.25) is 0 Å². The lowest BCUT2D eigenvalue weighted by Crippen LogP contribution is -2.32. The van der Waals surface area contributed by atoms with Gasteiger partial charge in [-0.2, -0.15) is 5.10 Å². The number of rotatable bonds is 6. The van der Waals surface area contributed by atoms with Gasteiger partial charge >= 0.3 is 6.03 Å². The molecule has 1 aliphatic heterocycles. The van der Waals surface area contributed by atoms with Gasteiger partial charge in [0, 0.05) is 45.0 Å². The zero-order valence-electron chi connectivity index (χ0n) is 14.8. The quantitative estimate of drug-likeness (QED) is 0.674. The van der Waals surface area contributed by atoms with Crippen molar-refractivity contribution in [3.63, 3.8) is 0 Å². The second kappa shape index (κ2) is 8.24. The summed E-state index contributed by atoms with van der Waals surface area (Å²) in [6, 6.07) is 6.89. The van der Waals surface area contributed by atoms with Gasteiger partial charge in [0.1, 0.15) is 13.2 Å². The second-order valence-electron chi connectivity index (χ2n) is 5.86. The number of nitrogens with one attached hydrogen (secondary N) is 3. The predicted molar refractivity (Wildman–Crippen MR) is 99.3 cm³/mol. The first-order valence-corrected chi connectivity index (χ1v) is 8.30. The lowest BCUT2D eigenvalue weighted by Gasteiger charge is -2.19. The Morgan fingerprint density at radius 1 is 1.15 bits per heavy atom. The van der Waals surface area contributed by atoms with E-state index in [9.17, 15) is 4.79 Å². The third kappa shape index (κ3) is 4.65. The van der Waals surface area contributed by atoms with Crippen LogP contribution < -0.4 is 30.3 Å². The molecule has 0 atom stereocenters. The average molecular weight is 358 g/mol. The molecule has 2 heterocycles. The SMILES string of the molecule is CN(C)c1cnnc(NCCNC(=O)Nc2ccc3c(c2)OCCO3)c1. The molecule has 138 valence electrons.